The Morgan fingerprint density at radius 2 is 1.21 bits per heavy atom. The number of rotatable bonds is 7. The van der Waals surface area contributed by atoms with Crippen LogP contribution >= 0.6 is 0 Å². The molecule has 1 saturated heterocycles. The van der Waals surface area contributed by atoms with Gasteiger partial charge in [0.25, 0.3) is 0 Å². The number of piperazine rings is 1. The standard InChI is InChI=1S/C28H31N3O2/c1-21(28(33)29-26-15-13-23(14-16-26)22(2)32)30-17-19-31(20-18-30)27(24-9-5-3-6-10-24)25-11-7-4-8-12-25/h3-16,21,27H,17-20H2,1-2H3,(H,29,33)/t21-/m0/s1. The molecule has 1 aliphatic heterocycles. The summed E-state index contributed by atoms with van der Waals surface area (Å²) in [6, 6.07) is 28.3. The summed E-state index contributed by atoms with van der Waals surface area (Å²) in [5.41, 5.74) is 3.93. The molecule has 5 nitrogen and oxygen atoms in total. The second kappa shape index (κ2) is 10.6. The Balaban J connectivity index is 1.39. The van der Waals surface area contributed by atoms with Gasteiger partial charge < -0.3 is 5.32 Å². The molecule has 170 valence electrons. The predicted octanol–water partition coefficient (Wildman–Crippen LogP) is 4.62. The molecular formula is C28H31N3O2. The van der Waals surface area contributed by atoms with Gasteiger partial charge in [-0.25, -0.2) is 0 Å². The number of hydrogen-bond acceptors (Lipinski definition) is 4. The van der Waals surface area contributed by atoms with Crippen molar-refractivity contribution in [2.45, 2.75) is 25.9 Å². The van der Waals surface area contributed by atoms with Crippen LogP contribution in [0, 0.1) is 0 Å². The highest BCUT2D eigenvalue weighted by Crippen LogP contribution is 2.29. The fourth-order valence-corrected chi connectivity index (χ4v) is 4.47. The first kappa shape index (κ1) is 22.9. The van der Waals surface area contributed by atoms with E-state index in [4.69, 9.17) is 0 Å². The van der Waals surface area contributed by atoms with Crippen LogP contribution in [0.15, 0.2) is 84.9 Å². The average molecular weight is 442 g/mol. The summed E-state index contributed by atoms with van der Waals surface area (Å²) in [6.07, 6.45) is 0. The Kier molecular flexibility index (Phi) is 7.33. The summed E-state index contributed by atoms with van der Waals surface area (Å²) >= 11 is 0. The van der Waals surface area contributed by atoms with E-state index in [1.165, 1.54) is 18.1 Å². The van der Waals surface area contributed by atoms with Crippen molar-refractivity contribution in [1.29, 1.82) is 0 Å². The van der Waals surface area contributed by atoms with E-state index in [0.717, 1.165) is 26.2 Å². The van der Waals surface area contributed by atoms with Crippen LogP contribution in [0.25, 0.3) is 0 Å². The van der Waals surface area contributed by atoms with Gasteiger partial charge in [0, 0.05) is 37.4 Å². The van der Waals surface area contributed by atoms with Crippen molar-refractivity contribution in [3.8, 4) is 0 Å². The molecular weight excluding hydrogens is 410 g/mol. The van der Waals surface area contributed by atoms with Crippen LogP contribution in [0.5, 0.6) is 0 Å². The van der Waals surface area contributed by atoms with E-state index in [0.29, 0.717) is 11.3 Å². The Hall–Kier alpha value is -3.28. The maximum Gasteiger partial charge on any atom is 0.241 e. The van der Waals surface area contributed by atoms with Crippen molar-refractivity contribution in [3.05, 3.63) is 102 Å². The molecule has 1 atom stereocenters. The highest BCUT2D eigenvalue weighted by molar-refractivity contribution is 5.97. The van der Waals surface area contributed by atoms with Crippen LogP contribution in [0.1, 0.15) is 41.4 Å². The zero-order valence-electron chi connectivity index (χ0n) is 19.3. The number of carbonyl (C=O) groups excluding carboxylic acids is 2. The van der Waals surface area contributed by atoms with E-state index in [1.54, 1.807) is 24.3 Å². The number of ketones is 1. The van der Waals surface area contributed by atoms with Crippen molar-refractivity contribution in [2.75, 3.05) is 31.5 Å². The molecule has 5 heteroatoms. The third kappa shape index (κ3) is 5.56. The van der Waals surface area contributed by atoms with E-state index >= 15 is 0 Å². The normalized spacial score (nSPS) is 15.8. The van der Waals surface area contributed by atoms with E-state index in [2.05, 4.69) is 75.8 Å². The van der Waals surface area contributed by atoms with E-state index in [9.17, 15) is 9.59 Å². The minimum Gasteiger partial charge on any atom is -0.325 e. The van der Waals surface area contributed by atoms with Gasteiger partial charge >= 0.3 is 0 Å². The first-order valence-corrected chi connectivity index (χ1v) is 11.5. The lowest BCUT2D eigenvalue weighted by molar-refractivity contribution is -0.121. The van der Waals surface area contributed by atoms with Crippen LogP contribution in [-0.4, -0.2) is 53.7 Å². The van der Waals surface area contributed by atoms with Gasteiger partial charge in [-0.3, -0.25) is 19.4 Å². The molecule has 1 heterocycles. The first-order valence-electron chi connectivity index (χ1n) is 11.5. The molecule has 3 aromatic carbocycles. The molecule has 1 amide bonds. The highest BCUT2D eigenvalue weighted by atomic mass is 16.2. The van der Waals surface area contributed by atoms with Gasteiger partial charge in [-0.2, -0.15) is 0 Å². The maximum atomic E-state index is 12.9. The van der Waals surface area contributed by atoms with Gasteiger partial charge in [-0.1, -0.05) is 60.7 Å². The molecule has 0 radical (unpaired) electrons. The van der Waals surface area contributed by atoms with Crippen molar-refractivity contribution in [1.82, 2.24) is 9.80 Å². The van der Waals surface area contributed by atoms with Crippen molar-refractivity contribution >= 4 is 17.4 Å². The lowest BCUT2D eigenvalue weighted by Crippen LogP contribution is -2.53. The fourth-order valence-electron chi connectivity index (χ4n) is 4.47. The smallest absolute Gasteiger partial charge is 0.241 e. The van der Waals surface area contributed by atoms with E-state index < -0.39 is 0 Å². The summed E-state index contributed by atoms with van der Waals surface area (Å²) in [7, 11) is 0. The molecule has 0 saturated carbocycles. The Morgan fingerprint density at radius 1 is 0.727 bits per heavy atom. The average Bonchev–Trinajstić information content (AvgIpc) is 2.86. The summed E-state index contributed by atoms with van der Waals surface area (Å²) in [5.74, 6) is -0.00915. The van der Waals surface area contributed by atoms with Crippen LogP contribution in [0.3, 0.4) is 0 Å². The zero-order valence-corrected chi connectivity index (χ0v) is 19.3. The summed E-state index contributed by atoms with van der Waals surface area (Å²) in [5, 5.41) is 2.99. The molecule has 0 aromatic heterocycles. The monoisotopic (exact) mass is 441 g/mol. The van der Waals surface area contributed by atoms with Gasteiger partial charge in [-0.05, 0) is 49.2 Å². The third-order valence-corrected chi connectivity index (χ3v) is 6.43. The van der Waals surface area contributed by atoms with Gasteiger partial charge in [0.2, 0.25) is 5.91 Å². The molecule has 1 N–H and O–H groups in total. The number of Topliss-reactive ketones (excluding diaryl/α,β-unsaturated/α-hetero) is 1. The molecule has 33 heavy (non-hydrogen) atoms. The number of anilines is 1. The van der Waals surface area contributed by atoms with Crippen LogP contribution in [-0.2, 0) is 4.79 Å². The SMILES string of the molecule is CC(=O)c1ccc(NC(=O)[C@H](C)N2CCN(C(c3ccccc3)c3ccccc3)CC2)cc1. The molecule has 0 unspecified atom stereocenters. The Bertz CT molecular complexity index is 1020. The van der Waals surface area contributed by atoms with Crippen molar-refractivity contribution in [3.63, 3.8) is 0 Å². The Labute approximate surface area is 196 Å². The minimum absolute atomic E-state index is 0.0171. The first-order chi connectivity index (χ1) is 16.0. The van der Waals surface area contributed by atoms with Gasteiger partial charge in [-0.15, -0.1) is 0 Å². The lowest BCUT2D eigenvalue weighted by Gasteiger charge is -2.41. The molecule has 3 aromatic rings. The number of benzene rings is 3. The molecule has 0 bridgehead atoms. The summed E-state index contributed by atoms with van der Waals surface area (Å²) < 4.78 is 0. The van der Waals surface area contributed by atoms with Crippen LogP contribution in [0.4, 0.5) is 5.69 Å². The van der Waals surface area contributed by atoms with Crippen LogP contribution in [0.2, 0.25) is 0 Å². The number of carbonyl (C=O) groups is 2. The molecule has 1 fully saturated rings. The van der Waals surface area contributed by atoms with Crippen LogP contribution < -0.4 is 5.32 Å². The predicted molar refractivity (Wildman–Crippen MR) is 132 cm³/mol. The molecule has 0 spiro atoms. The second-order valence-electron chi connectivity index (χ2n) is 8.59. The number of hydrogen-bond donors (Lipinski definition) is 1. The molecule has 1 aliphatic rings. The molecule has 4 rings (SSSR count). The molecule has 0 aliphatic carbocycles. The van der Waals surface area contributed by atoms with E-state index in [-0.39, 0.29) is 23.8 Å². The maximum absolute atomic E-state index is 12.9. The highest BCUT2D eigenvalue weighted by Gasteiger charge is 2.30. The zero-order chi connectivity index (χ0) is 23.2. The number of nitrogens with one attached hydrogen (secondary N) is 1. The van der Waals surface area contributed by atoms with Crippen molar-refractivity contribution in [2.24, 2.45) is 0 Å². The second-order valence-corrected chi connectivity index (χ2v) is 8.59. The fraction of sp³-hybridized carbons (Fsp3) is 0.286. The largest absolute Gasteiger partial charge is 0.325 e. The minimum atomic E-state index is -0.230. The topological polar surface area (TPSA) is 52.7 Å². The third-order valence-electron chi connectivity index (χ3n) is 6.43. The number of nitrogens with zero attached hydrogens (tertiary/aromatic N) is 2. The van der Waals surface area contributed by atoms with Gasteiger partial charge in [0.05, 0.1) is 12.1 Å². The quantitative estimate of drug-likeness (QED) is 0.544. The lowest BCUT2D eigenvalue weighted by atomic mass is 9.96. The number of amides is 1. The van der Waals surface area contributed by atoms with Crippen molar-refractivity contribution < 1.29 is 9.59 Å². The van der Waals surface area contributed by atoms with Gasteiger partial charge in [0.1, 0.15) is 0 Å². The summed E-state index contributed by atoms with van der Waals surface area (Å²) in [4.78, 5) is 29.1. The Morgan fingerprint density at radius 3 is 1.70 bits per heavy atom. The van der Waals surface area contributed by atoms with Gasteiger partial charge in [0.15, 0.2) is 5.78 Å². The summed E-state index contributed by atoms with van der Waals surface area (Å²) in [6.45, 7) is 6.93. The van der Waals surface area contributed by atoms with E-state index in [1.807, 2.05) is 6.92 Å².